The molecule has 0 aliphatic heterocycles. The number of aryl methyl sites for hydroxylation is 2. The first-order chi connectivity index (χ1) is 14.1. The Labute approximate surface area is 170 Å². The zero-order valence-corrected chi connectivity index (χ0v) is 16.6. The monoisotopic (exact) mass is 385 g/mol. The van der Waals surface area contributed by atoms with Crippen LogP contribution in [0.5, 0.6) is 0 Å². The zero-order valence-electron chi connectivity index (χ0n) is 16.6. The van der Waals surface area contributed by atoms with Gasteiger partial charge in [-0.1, -0.05) is 48.5 Å². The molecule has 0 saturated heterocycles. The SMILES string of the molecule is Cn1cncc1C(=O)N(Cc1cccc(-c2ccccc2)c1)Cc1nccn1C. The molecule has 0 aliphatic carbocycles. The van der Waals surface area contributed by atoms with E-state index < -0.39 is 0 Å². The van der Waals surface area contributed by atoms with Gasteiger partial charge in [0.25, 0.3) is 5.91 Å². The molecule has 2 heterocycles. The average molecular weight is 385 g/mol. The van der Waals surface area contributed by atoms with Crippen molar-refractivity contribution in [2.75, 3.05) is 0 Å². The van der Waals surface area contributed by atoms with Crippen molar-refractivity contribution in [3.63, 3.8) is 0 Å². The van der Waals surface area contributed by atoms with Gasteiger partial charge in [0.15, 0.2) is 0 Å². The predicted octanol–water partition coefficient (Wildman–Crippen LogP) is 3.66. The Bertz CT molecular complexity index is 1110. The zero-order chi connectivity index (χ0) is 20.2. The minimum atomic E-state index is -0.0712. The average Bonchev–Trinajstić information content (AvgIpc) is 3.36. The highest BCUT2D eigenvalue weighted by molar-refractivity contribution is 5.92. The van der Waals surface area contributed by atoms with Gasteiger partial charge in [-0.3, -0.25) is 4.79 Å². The number of amides is 1. The lowest BCUT2D eigenvalue weighted by Crippen LogP contribution is -2.32. The lowest BCUT2D eigenvalue weighted by atomic mass is 10.0. The fraction of sp³-hybridized carbons (Fsp3) is 0.174. The normalized spacial score (nSPS) is 10.8. The Hall–Kier alpha value is -3.67. The van der Waals surface area contributed by atoms with Crippen LogP contribution in [0.4, 0.5) is 0 Å². The minimum Gasteiger partial charge on any atom is -0.337 e. The molecule has 1 amide bonds. The van der Waals surface area contributed by atoms with E-state index in [1.807, 2.05) is 60.1 Å². The van der Waals surface area contributed by atoms with Gasteiger partial charge in [0.2, 0.25) is 0 Å². The molecule has 4 aromatic rings. The van der Waals surface area contributed by atoms with Crippen LogP contribution in [0.25, 0.3) is 11.1 Å². The minimum absolute atomic E-state index is 0.0712. The van der Waals surface area contributed by atoms with Crippen molar-refractivity contribution < 1.29 is 4.79 Å². The smallest absolute Gasteiger partial charge is 0.272 e. The van der Waals surface area contributed by atoms with Gasteiger partial charge in [0, 0.05) is 33.0 Å². The number of benzene rings is 2. The third kappa shape index (κ3) is 4.11. The first-order valence-corrected chi connectivity index (χ1v) is 9.48. The molecule has 0 aliphatic rings. The molecule has 2 aromatic carbocycles. The highest BCUT2D eigenvalue weighted by Crippen LogP contribution is 2.21. The lowest BCUT2D eigenvalue weighted by Gasteiger charge is -2.23. The van der Waals surface area contributed by atoms with E-state index in [1.54, 1.807) is 23.3 Å². The fourth-order valence-corrected chi connectivity index (χ4v) is 3.34. The summed E-state index contributed by atoms with van der Waals surface area (Å²) in [5.41, 5.74) is 3.91. The van der Waals surface area contributed by atoms with Crippen molar-refractivity contribution in [2.45, 2.75) is 13.1 Å². The number of rotatable bonds is 6. The van der Waals surface area contributed by atoms with E-state index in [2.05, 4.69) is 34.2 Å². The standard InChI is InChI=1S/C23H23N5O/c1-26-12-11-25-22(26)16-28(23(29)21-14-24-17-27(21)2)15-18-7-6-10-20(13-18)19-8-4-3-5-9-19/h3-14,17H,15-16H2,1-2H3. The van der Waals surface area contributed by atoms with Crippen molar-refractivity contribution in [1.82, 2.24) is 24.0 Å². The maximum absolute atomic E-state index is 13.3. The highest BCUT2D eigenvalue weighted by Gasteiger charge is 2.21. The van der Waals surface area contributed by atoms with Crippen LogP contribution >= 0.6 is 0 Å². The first kappa shape index (κ1) is 18.7. The molecule has 0 atom stereocenters. The second kappa shape index (κ2) is 8.14. The van der Waals surface area contributed by atoms with Gasteiger partial charge in [0.1, 0.15) is 11.5 Å². The summed E-state index contributed by atoms with van der Waals surface area (Å²) in [4.78, 5) is 23.6. The van der Waals surface area contributed by atoms with Crippen LogP contribution in [-0.4, -0.2) is 29.9 Å². The van der Waals surface area contributed by atoms with E-state index >= 15 is 0 Å². The van der Waals surface area contributed by atoms with E-state index in [-0.39, 0.29) is 5.91 Å². The summed E-state index contributed by atoms with van der Waals surface area (Å²) < 4.78 is 3.68. The van der Waals surface area contributed by atoms with Crippen molar-refractivity contribution >= 4 is 5.91 Å². The third-order valence-electron chi connectivity index (χ3n) is 4.98. The summed E-state index contributed by atoms with van der Waals surface area (Å²) in [6, 6.07) is 18.6. The van der Waals surface area contributed by atoms with Gasteiger partial charge in [0.05, 0.1) is 19.1 Å². The van der Waals surface area contributed by atoms with Gasteiger partial charge in [-0.05, 0) is 22.8 Å². The Kier molecular flexibility index (Phi) is 5.24. The van der Waals surface area contributed by atoms with Crippen LogP contribution in [0.2, 0.25) is 0 Å². The Morgan fingerprint density at radius 1 is 0.966 bits per heavy atom. The molecule has 2 aromatic heterocycles. The quantitative estimate of drug-likeness (QED) is 0.509. The van der Waals surface area contributed by atoms with Crippen molar-refractivity contribution in [3.05, 3.63) is 96.6 Å². The van der Waals surface area contributed by atoms with Crippen LogP contribution in [0, 0.1) is 0 Å². The van der Waals surface area contributed by atoms with Crippen molar-refractivity contribution in [2.24, 2.45) is 14.1 Å². The molecule has 6 heteroatoms. The molecule has 0 radical (unpaired) electrons. The summed E-state index contributed by atoms with van der Waals surface area (Å²) in [5.74, 6) is 0.762. The Balaban J connectivity index is 1.64. The number of hydrogen-bond donors (Lipinski definition) is 0. The van der Waals surface area contributed by atoms with Crippen molar-refractivity contribution in [3.8, 4) is 11.1 Å². The van der Waals surface area contributed by atoms with Crippen molar-refractivity contribution in [1.29, 1.82) is 0 Å². The molecule has 0 fully saturated rings. The largest absolute Gasteiger partial charge is 0.337 e. The van der Waals surface area contributed by atoms with E-state index in [0.717, 1.165) is 22.5 Å². The van der Waals surface area contributed by atoms with Gasteiger partial charge in [-0.2, -0.15) is 0 Å². The number of hydrogen-bond acceptors (Lipinski definition) is 3. The molecule has 0 saturated carbocycles. The maximum Gasteiger partial charge on any atom is 0.272 e. The van der Waals surface area contributed by atoms with Crippen LogP contribution in [0.1, 0.15) is 21.9 Å². The van der Waals surface area contributed by atoms with Crippen LogP contribution in [0.15, 0.2) is 79.5 Å². The van der Waals surface area contributed by atoms with E-state index in [1.165, 1.54) is 0 Å². The molecule has 4 rings (SSSR count). The van der Waals surface area contributed by atoms with Gasteiger partial charge in [-0.25, -0.2) is 9.97 Å². The molecule has 146 valence electrons. The lowest BCUT2D eigenvalue weighted by molar-refractivity contribution is 0.0714. The summed E-state index contributed by atoms with van der Waals surface area (Å²) in [7, 11) is 3.76. The molecule has 29 heavy (non-hydrogen) atoms. The summed E-state index contributed by atoms with van der Waals surface area (Å²) in [6.45, 7) is 0.903. The summed E-state index contributed by atoms with van der Waals surface area (Å²) >= 11 is 0. The Morgan fingerprint density at radius 2 is 1.76 bits per heavy atom. The van der Waals surface area contributed by atoms with Crippen LogP contribution in [-0.2, 0) is 27.2 Å². The second-order valence-electron chi connectivity index (χ2n) is 7.07. The van der Waals surface area contributed by atoms with Gasteiger partial charge >= 0.3 is 0 Å². The topological polar surface area (TPSA) is 56.0 Å². The number of carbonyl (C=O) groups excluding carboxylic acids is 1. The molecule has 0 N–H and O–H groups in total. The van der Waals surface area contributed by atoms with E-state index in [0.29, 0.717) is 18.8 Å². The van der Waals surface area contributed by atoms with E-state index in [4.69, 9.17) is 0 Å². The number of imidazole rings is 2. The van der Waals surface area contributed by atoms with Gasteiger partial charge in [-0.15, -0.1) is 0 Å². The maximum atomic E-state index is 13.3. The summed E-state index contributed by atoms with van der Waals surface area (Å²) in [5, 5.41) is 0. The predicted molar refractivity (Wildman–Crippen MR) is 112 cm³/mol. The van der Waals surface area contributed by atoms with E-state index in [9.17, 15) is 4.79 Å². The molecule has 0 bridgehead atoms. The number of nitrogens with zero attached hydrogens (tertiary/aromatic N) is 5. The molecular weight excluding hydrogens is 362 g/mol. The third-order valence-corrected chi connectivity index (χ3v) is 4.98. The second-order valence-corrected chi connectivity index (χ2v) is 7.07. The fourth-order valence-electron chi connectivity index (χ4n) is 3.34. The Morgan fingerprint density at radius 3 is 2.45 bits per heavy atom. The summed E-state index contributed by atoms with van der Waals surface area (Å²) in [6.07, 6.45) is 6.88. The highest BCUT2D eigenvalue weighted by atomic mass is 16.2. The number of aromatic nitrogens is 4. The number of carbonyl (C=O) groups is 1. The molecule has 0 spiro atoms. The first-order valence-electron chi connectivity index (χ1n) is 9.48. The van der Waals surface area contributed by atoms with Gasteiger partial charge < -0.3 is 14.0 Å². The molecule has 0 unspecified atom stereocenters. The molecular formula is C23H23N5O. The van der Waals surface area contributed by atoms with Crippen LogP contribution in [0.3, 0.4) is 0 Å². The molecule has 6 nitrogen and oxygen atoms in total. The van der Waals surface area contributed by atoms with Crippen LogP contribution < -0.4 is 0 Å².